The molecule has 0 radical (unpaired) electrons. The summed E-state index contributed by atoms with van der Waals surface area (Å²) in [5.41, 5.74) is 3.51. The van der Waals surface area contributed by atoms with Gasteiger partial charge in [-0.1, -0.05) is 53.0 Å². The minimum atomic E-state index is -4.00. The smallest absolute Gasteiger partial charge is 0.329 e. The number of hydrazone groups is 1. The van der Waals surface area contributed by atoms with Gasteiger partial charge in [0.25, 0.3) is 0 Å². The number of nitrogens with one attached hydrogen (secondary N) is 2. The summed E-state index contributed by atoms with van der Waals surface area (Å²) in [4.78, 5) is 24.2. The SMILES string of the molecule is COc1ccc(CNC(=O)C(=O)N/N=C/c2ccc(CN(Cc3ccc(Cl)c(Cl)c3)S(=O)(=O)c3ccc(Cl)cc3)o2)cc1. The second-order valence-electron chi connectivity index (χ2n) is 9.01. The molecular formula is C29H25Cl3N4O6S. The van der Waals surface area contributed by atoms with Crippen molar-refractivity contribution in [1.82, 2.24) is 15.0 Å². The summed E-state index contributed by atoms with van der Waals surface area (Å²) in [5.74, 6) is -0.669. The fourth-order valence-electron chi connectivity index (χ4n) is 3.76. The summed E-state index contributed by atoms with van der Waals surface area (Å²) in [6, 6.07) is 20.8. The summed E-state index contributed by atoms with van der Waals surface area (Å²) < 4.78 is 39.1. The van der Waals surface area contributed by atoms with Crippen LogP contribution in [0.1, 0.15) is 22.6 Å². The number of amides is 2. The number of benzene rings is 3. The van der Waals surface area contributed by atoms with Crippen molar-refractivity contribution >= 4 is 62.9 Å². The largest absolute Gasteiger partial charge is 0.497 e. The van der Waals surface area contributed by atoms with Crippen molar-refractivity contribution in [2.45, 2.75) is 24.5 Å². The molecule has 4 aromatic rings. The summed E-state index contributed by atoms with van der Waals surface area (Å²) in [6.07, 6.45) is 1.19. The Morgan fingerprint density at radius 3 is 2.26 bits per heavy atom. The van der Waals surface area contributed by atoms with Crippen LogP contribution in [0.15, 0.2) is 93.3 Å². The van der Waals surface area contributed by atoms with E-state index < -0.39 is 21.8 Å². The van der Waals surface area contributed by atoms with Crippen molar-refractivity contribution in [3.8, 4) is 5.75 Å². The number of methoxy groups -OCH3 is 1. The first-order valence-corrected chi connectivity index (χ1v) is 15.1. The first-order chi connectivity index (χ1) is 20.5. The van der Waals surface area contributed by atoms with Gasteiger partial charge in [0.15, 0.2) is 0 Å². The van der Waals surface area contributed by atoms with Crippen LogP contribution in [0.2, 0.25) is 15.1 Å². The highest BCUT2D eigenvalue weighted by Gasteiger charge is 2.26. The lowest BCUT2D eigenvalue weighted by Gasteiger charge is -2.22. The Bertz CT molecular complexity index is 1730. The number of hydrogen-bond acceptors (Lipinski definition) is 7. The molecule has 0 unspecified atom stereocenters. The molecule has 10 nitrogen and oxygen atoms in total. The van der Waals surface area contributed by atoms with E-state index in [1.54, 1.807) is 61.7 Å². The Morgan fingerprint density at radius 1 is 0.884 bits per heavy atom. The number of halogens is 3. The molecule has 0 atom stereocenters. The van der Waals surface area contributed by atoms with E-state index in [-0.39, 0.29) is 35.3 Å². The monoisotopic (exact) mass is 662 g/mol. The van der Waals surface area contributed by atoms with Gasteiger partial charge in [0, 0.05) is 18.1 Å². The number of nitrogens with zero attached hydrogens (tertiary/aromatic N) is 2. The lowest BCUT2D eigenvalue weighted by Crippen LogP contribution is -2.37. The Labute approximate surface area is 263 Å². The van der Waals surface area contributed by atoms with Crippen molar-refractivity contribution in [2.24, 2.45) is 5.10 Å². The predicted octanol–water partition coefficient (Wildman–Crippen LogP) is 5.41. The van der Waals surface area contributed by atoms with Crippen LogP contribution >= 0.6 is 34.8 Å². The molecular weight excluding hydrogens is 639 g/mol. The normalized spacial score (nSPS) is 11.6. The van der Waals surface area contributed by atoms with Crippen LogP contribution in [-0.2, 0) is 39.2 Å². The summed E-state index contributed by atoms with van der Waals surface area (Å²) in [6.45, 7) is -0.0357. The number of carbonyl (C=O) groups is 2. The van der Waals surface area contributed by atoms with Crippen LogP contribution in [0.25, 0.3) is 0 Å². The van der Waals surface area contributed by atoms with Gasteiger partial charge in [-0.15, -0.1) is 0 Å². The number of furan rings is 1. The lowest BCUT2D eigenvalue weighted by atomic mass is 10.2. The third kappa shape index (κ3) is 8.82. The van der Waals surface area contributed by atoms with Gasteiger partial charge >= 0.3 is 11.8 Å². The Morgan fingerprint density at radius 2 is 1.58 bits per heavy atom. The topological polar surface area (TPSA) is 130 Å². The maximum atomic E-state index is 13.6. The van der Waals surface area contributed by atoms with Crippen LogP contribution in [-0.4, -0.2) is 37.9 Å². The number of hydrogen-bond donors (Lipinski definition) is 2. The Kier molecular flexibility index (Phi) is 10.8. The maximum Gasteiger partial charge on any atom is 0.329 e. The molecule has 0 bridgehead atoms. The zero-order chi connectivity index (χ0) is 31.0. The van der Waals surface area contributed by atoms with Crippen molar-refractivity contribution in [1.29, 1.82) is 0 Å². The molecule has 0 aliphatic rings. The number of sulfonamides is 1. The highest BCUT2D eigenvalue weighted by Crippen LogP contribution is 2.27. The molecule has 0 saturated heterocycles. The first-order valence-electron chi connectivity index (χ1n) is 12.6. The summed E-state index contributed by atoms with van der Waals surface area (Å²) in [5, 5.41) is 7.27. The Balaban J connectivity index is 1.40. The van der Waals surface area contributed by atoms with E-state index in [1.165, 1.54) is 34.8 Å². The molecule has 43 heavy (non-hydrogen) atoms. The second-order valence-corrected chi connectivity index (χ2v) is 12.2. The molecule has 3 aromatic carbocycles. The zero-order valence-electron chi connectivity index (χ0n) is 22.6. The van der Waals surface area contributed by atoms with Gasteiger partial charge in [0.2, 0.25) is 10.0 Å². The number of ether oxygens (including phenoxy) is 1. The summed E-state index contributed by atoms with van der Waals surface area (Å²) >= 11 is 18.1. The van der Waals surface area contributed by atoms with Crippen LogP contribution in [0.3, 0.4) is 0 Å². The van der Waals surface area contributed by atoms with E-state index >= 15 is 0 Å². The van der Waals surface area contributed by atoms with E-state index in [9.17, 15) is 18.0 Å². The molecule has 2 N–H and O–H groups in total. The molecule has 0 spiro atoms. The number of carbonyl (C=O) groups excluding carboxylic acids is 2. The van der Waals surface area contributed by atoms with Crippen LogP contribution < -0.4 is 15.5 Å². The van der Waals surface area contributed by atoms with Gasteiger partial charge in [-0.3, -0.25) is 9.59 Å². The molecule has 4 rings (SSSR count). The standard InChI is InChI=1S/C29H25Cl3N4O6S/c1-41-22-7-2-19(3-8-22)15-33-28(37)29(38)35-34-16-23-9-10-24(42-23)18-36(17-20-4-13-26(31)27(32)14-20)43(39,40)25-11-5-21(30)6-12-25/h2-14,16H,15,17-18H2,1H3,(H,33,37)(H,35,38)/b34-16+. The fourth-order valence-corrected chi connectivity index (χ4v) is 5.60. The third-order valence-corrected chi connectivity index (χ3v) is 8.78. The van der Waals surface area contributed by atoms with Crippen molar-refractivity contribution in [2.75, 3.05) is 7.11 Å². The van der Waals surface area contributed by atoms with Gasteiger partial charge in [0.1, 0.15) is 17.3 Å². The maximum absolute atomic E-state index is 13.6. The number of rotatable bonds is 11. The van der Waals surface area contributed by atoms with Gasteiger partial charge < -0.3 is 14.5 Å². The highest BCUT2D eigenvalue weighted by atomic mass is 35.5. The van der Waals surface area contributed by atoms with Crippen molar-refractivity contribution in [3.05, 3.63) is 117 Å². The predicted molar refractivity (Wildman–Crippen MR) is 164 cm³/mol. The Hall–Kier alpha value is -3.87. The van der Waals surface area contributed by atoms with E-state index in [0.29, 0.717) is 27.1 Å². The van der Waals surface area contributed by atoms with Gasteiger partial charge in [-0.05, 0) is 71.8 Å². The van der Waals surface area contributed by atoms with Crippen molar-refractivity contribution < 1.29 is 27.2 Å². The van der Waals surface area contributed by atoms with Crippen LogP contribution in [0, 0.1) is 0 Å². The van der Waals surface area contributed by atoms with Crippen LogP contribution in [0.5, 0.6) is 5.75 Å². The molecule has 1 heterocycles. The van der Waals surface area contributed by atoms with E-state index in [2.05, 4.69) is 15.8 Å². The lowest BCUT2D eigenvalue weighted by molar-refractivity contribution is -0.139. The second kappa shape index (κ2) is 14.5. The molecule has 0 aliphatic carbocycles. The molecule has 1 aromatic heterocycles. The van der Waals surface area contributed by atoms with Crippen LogP contribution in [0.4, 0.5) is 0 Å². The quantitative estimate of drug-likeness (QED) is 0.126. The summed E-state index contributed by atoms with van der Waals surface area (Å²) in [7, 11) is -2.45. The van der Waals surface area contributed by atoms with Crippen molar-refractivity contribution in [3.63, 3.8) is 0 Å². The highest BCUT2D eigenvalue weighted by molar-refractivity contribution is 7.89. The molecule has 224 valence electrons. The molecule has 2 amide bonds. The van der Waals surface area contributed by atoms with Gasteiger partial charge in [-0.2, -0.15) is 9.41 Å². The molecule has 14 heteroatoms. The minimum absolute atomic E-state index is 0.0341. The molecule has 0 fully saturated rings. The average Bonchev–Trinajstić information content (AvgIpc) is 3.45. The zero-order valence-corrected chi connectivity index (χ0v) is 25.7. The third-order valence-electron chi connectivity index (χ3n) is 5.99. The van der Waals surface area contributed by atoms with E-state index in [0.717, 1.165) is 5.56 Å². The van der Waals surface area contributed by atoms with Gasteiger partial charge in [-0.25, -0.2) is 13.8 Å². The minimum Gasteiger partial charge on any atom is -0.497 e. The first kappa shape index (κ1) is 32.1. The molecule has 0 aliphatic heterocycles. The van der Waals surface area contributed by atoms with E-state index in [1.807, 2.05) is 0 Å². The average molecular weight is 664 g/mol. The fraction of sp³-hybridized carbons (Fsp3) is 0.138. The van der Waals surface area contributed by atoms with Gasteiger partial charge in [0.05, 0.1) is 34.8 Å². The molecule has 0 saturated carbocycles. The van der Waals surface area contributed by atoms with E-state index in [4.69, 9.17) is 44.0 Å².